The molecule has 1 rings (SSSR count). The van der Waals surface area contributed by atoms with E-state index in [-0.39, 0.29) is 0 Å². The van der Waals surface area contributed by atoms with E-state index in [0.29, 0.717) is 12.5 Å². The SMILES string of the molecule is C/C=C/CCNc1cc(OCC)ncn1. The highest BCUT2D eigenvalue weighted by atomic mass is 16.5. The summed E-state index contributed by atoms with van der Waals surface area (Å²) in [5.74, 6) is 1.42. The second-order valence-corrected chi connectivity index (χ2v) is 2.96. The van der Waals surface area contributed by atoms with E-state index in [1.807, 2.05) is 19.9 Å². The highest BCUT2D eigenvalue weighted by Crippen LogP contribution is 2.10. The largest absolute Gasteiger partial charge is 0.478 e. The molecule has 0 saturated heterocycles. The van der Waals surface area contributed by atoms with Crippen LogP contribution in [0.3, 0.4) is 0 Å². The van der Waals surface area contributed by atoms with Gasteiger partial charge in [-0.25, -0.2) is 9.97 Å². The van der Waals surface area contributed by atoms with Crippen molar-refractivity contribution in [1.82, 2.24) is 9.97 Å². The average Bonchev–Trinajstić information content (AvgIpc) is 2.26. The van der Waals surface area contributed by atoms with E-state index in [2.05, 4.69) is 21.4 Å². The van der Waals surface area contributed by atoms with Crippen LogP contribution in [0.25, 0.3) is 0 Å². The van der Waals surface area contributed by atoms with Crippen LogP contribution in [0, 0.1) is 0 Å². The standard InChI is InChI=1S/C11H17N3O/c1-3-5-6-7-12-10-8-11(15-4-2)14-9-13-10/h3,5,8-9H,4,6-7H2,1-2H3,(H,12,13,14)/b5-3+. The summed E-state index contributed by atoms with van der Waals surface area (Å²) in [7, 11) is 0. The van der Waals surface area contributed by atoms with Gasteiger partial charge < -0.3 is 10.1 Å². The smallest absolute Gasteiger partial charge is 0.218 e. The first kappa shape index (κ1) is 11.5. The quantitative estimate of drug-likeness (QED) is 0.574. The van der Waals surface area contributed by atoms with E-state index >= 15 is 0 Å². The lowest BCUT2D eigenvalue weighted by molar-refractivity contribution is 0.326. The van der Waals surface area contributed by atoms with Gasteiger partial charge in [0, 0.05) is 12.6 Å². The fourth-order valence-corrected chi connectivity index (χ4v) is 1.11. The van der Waals surface area contributed by atoms with Gasteiger partial charge >= 0.3 is 0 Å². The van der Waals surface area contributed by atoms with Crippen LogP contribution in [0.5, 0.6) is 5.88 Å². The van der Waals surface area contributed by atoms with Gasteiger partial charge in [0.25, 0.3) is 0 Å². The second-order valence-electron chi connectivity index (χ2n) is 2.96. The molecule has 0 amide bonds. The van der Waals surface area contributed by atoms with E-state index < -0.39 is 0 Å². The molecule has 1 N–H and O–H groups in total. The predicted molar refractivity (Wildman–Crippen MR) is 61.1 cm³/mol. The maximum Gasteiger partial charge on any atom is 0.218 e. The predicted octanol–water partition coefficient (Wildman–Crippen LogP) is 2.25. The van der Waals surface area contributed by atoms with Crippen molar-refractivity contribution in [1.29, 1.82) is 0 Å². The number of hydrogen-bond donors (Lipinski definition) is 1. The van der Waals surface area contributed by atoms with Crippen LogP contribution in [-0.2, 0) is 0 Å². The van der Waals surface area contributed by atoms with Crippen molar-refractivity contribution in [2.45, 2.75) is 20.3 Å². The van der Waals surface area contributed by atoms with Crippen LogP contribution < -0.4 is 10.1 Å². The molecular formula is C11H17N3O. The fourth-order valence-electron chi connectivity index (χ4n) is 1.11. The summed E-state index contributed by atoms with van der Waals surface area (Å²) in [6.07, 6.45) is 6.64. The third kappa shape index (κ3) is 4.44. The molecule has 0 aliphatic rings. The Morgan fingerprint density at radius 1 is 1.47 bits per heavy atom. The first-order valence-corrected chi connectivity index (χ1v) is 5.16. The molecule has 82 valence electrons. The van der Waals surface area contributed by atoms with Crippen molar-refractivity contribution in [3.05, 3.63) is 24.5 Å². The van der Waals surface area contributed by atoms with Crippen LogP contribution in [0.1, 0.15) is 20.3 Å². The molecule has 0 aliphatic carbocycles. The Kier molecular flexibility index (Phi) is 5.22. The first-order valence-electron chi connectivity index (χ1n) is 5.16. The molecule has 1 aromatic rings. The normalized spacial score (nSPS) is 10.5. The summed E-state index contributed by atoms with van der Waals surface area (Å²) >= 11 is 0. The lowest BCUT2D eigenvalue weighted by Gasteiger charge is -2.05. The summed E-state index contributed by atoms with van der Waals surface area (Å²) in [5, 5.41) is 3.20. The number of nitrogens with one attached hydrogen (secondary N) is 1. The minimum Gasteiger partial charge on any atom is -0.478 e. The van der Waals surface area contributed by atoms with Gasteiger partial charge in [-0.1, -0.05) is 12.2 Å². The van der Waals surface area contributed by atoms with Crippen molar-refractivity contribution in [3.63, 3.8) is 0 Å². The second kappa shape index (κ2) is 6.81. The fraction of sp³-hybridized carbons (Fsp3) is 0.455. The number of rotatable bonds is 6. The molecular weight excluding hydrogens is 190 g/mol. The van der Waals surface area contributed by atoms with Gasteiger partial charge in [0.15, 0.2) is 0 Å². The third-order valence-electron chi connectivity index (χ3n) is 1.79. The van der Waals surface area contributed by atoms with Gasteiger partial charge in [-0.2, -0.15) is 0 Å². The maximum absolute atomic E-state index is 5.27. The summed E-state index contributed by atoms with van der Waals surface area (Å²) < 4.78 is 5.27. The van der Waals surface area contributed by atoms with Crippen molar-refractivity contribution in [3.8, 4) is 5.88 Å². The maximum atomic E-state index is 5.27. The lowest BCUT2D eigenvalue weighted by atomic mass is 10.4. The molecule has 0 fully saturated rings. The monoisotopic (exact) mass is 207 g/mol. The van der Waals surface area contributed by atoms with E-state index in [0.717, 1.165) is 18.8 Å². The zero-order valence-corrected chi connectivity index (χ0v) is 9.23. The first-order chi connectivity index (χ1) is 7.36. The Morgan fingerprint density at radius 3 is 3.07 bits per heavy atom. The Balaban J connectivity index is 2.42. The molecule has 1 aromatic heterocycles. The zero-order valence-electron chi connectivity index (χ0n) is 9.23. The van der Waals surface area contributed by atoms with Crippen LogP contribution >= 0.6 is 0 Å². The Bertz CT molecular complexity index is 312. The van der Waals surface area contributed by atoms with Gasteiger partial charge in [-0.15, -0.1) is 0 Å². The van der Waals surface area contributed by atoms with E-state index in [1.54, 1.807) is 6.07 Å². The number of aromatic nitrogens is 2. The van der Waals surface area contributed by atoms with Crippen LogP contribution in [0.15, 0.2) is 24.5 Å². The van der Waals surface area contributed by atoms with Gasteiger partial charge in [-0.3, -0.25) is 0 Å². The average molecular weight is 207 g/mol. The lowest BCUT2D eigenvalue weighted by Crippen LogP contribution is -2.03. The molecule has 15 heavy (non-hydrogen) atoms. The molecule has 0 spiro atoms. The number of ether oxygens (including phenoxy) is 1. The molecule has 0 saturated carbocycles. The molecule has 1 heterocycles. The highest BCUT2D eigenvalue weighted by Gasteiger charge is 1.97. The summed E-state index contributed by atoms with van der Waals surface area (Å²) in [6.45, 7) is 5.43. The molecule has 0 unspecified atom stereocenters. The molecule has 0 bridgehead atoms. The molecule has 0 aliphatic heterocycles. The number of allylic oxidation sites excluding steroid dienone is 1. The van der Waals surface area contributed by atoms with Gasteiger partial charge in [0.1, 0.15) is 12.1 Å². The van der Waals surface area contributed by atoms with E-state index in [9.17, 15) is 0 Å². The van der Waals surface area contributed by atoms with Gasteiger partial charge in [0.2, 0.25) is 5.88 Å². The van der Waals surface area contributed by atoms with Gasteiger partial charge in [-0.05, 0) is 20.3 Å². The van der Waals surface area contributed by atoms with E-state index in [4.69, 9.17) is 4.74 Å². The number of anilines is 1. The van der Waals surface area contributed by atoms with Crippen LogP contribution in [-0.4, -0.2) is 23.1 Å². The molecule has 0 aromatic carbocycles. The van der Waals surface area contributed by atoms with Crippen molar-refractivity contribution in [2.75, 3.05) is 18.5 Å². The van der Waals surface area contributed by atoms with Gasteiger partial charge in [0.05, 0.1) is 6.61 Å². The number of nitrogens with zero attached hydrogens (tertiary/aromatic N) is 2. The van der Waals surface area contributed by atoms with Crippen molar-refractivity contribution < 1.29 is 4.74 Å². The van der Waals surface area contributed by atoms with Crippen LogP contribution in [0.4, 0.5) is 5.82 Å². The highest BCUT2D eigenvalue weighted by molar-refractivity contribution is 5.36. The Hall–Kier alpha value is -1.58. The van der Waals surface area contributed by atoms with E-state index in [1.165, 1.54) is 6.33 Å². The van der Waals surface area contributed by atoms with Crippen LogP contribution in [0.2, 0.25) is 0 Å². The zero-order chi connectivity index (χ0) is 10.9. The number of hydrogen-bond acceptors (Lipinski definition) is 4. The minimum absolute atomic E-state index is 0.612. The Morgan fingerprint density at radius 2 is 2.33 bits per heavy atom. The summed E-state index contributed by atoms with van der Waals surface area (Å²) in [6, 6.07) is 1.80. The third-order valence-corrected chi connectivity index (χ3v) is 1.79. The molecule has 4 nitrogen and oxygen atoms in total. The summed E-state index contributed by atoms with van der Waals surface area (Å²) in [5.41, 5.74) is 0. The topological polar surface area (TPSA) is 47.0 Å². The minimum atomic E-state index is 0.612. The molecule has 0 atom stereocenters. The van der Waals surface area contributed by atoms with Crippen molar-refractivity contribution >= 4 is 5.82 Å². The summed E-state index contributed by atoms with van der Waals surface area (Å²) in [4.78, 5) is 8.08. The molecule has 0 radical (unpaired) electrons. The molecule has 4 heteroatoms. The van der Waals surface area contributed by atoms with Crippen molar-refractivity contribution in [2.24, 2.45) is 0 Å². The Labute approximate surface area is 90.4 Å².